The maximum absolute atomic E-state index is 14.2. The van der Waals surface area contributed by atoms with Crippen molar-refractivity contribution in [1.82, 2.24) is 13.8 Å². The van der Waals surface area contributed by atoms with Gasteiger partial charge in [-0.2, -0.15) is 0 Å². The Morgan fingerprint density at radius 1 is 0.933 bits per heavy atom. The lowest BCUT2D eigenvalue weighted by Gasteiger charge is -2.47. The van der Waals surface area contributed by atoms with Crippen LogP contribution in [0.15, 0.2) is 71.8 Å². The number of nitrogens with zero attached hydrogens (tertiary/aromatic N) is 3. The van der Waals surface area contributed by atoms with Crippen LogP contribution in [-0.2, 0) is 30.9 Å². The lowest BCUT2D eigenvalue weighted by molar-refractivity contribution is -0.164. The molecule has 0 N–H and O–H groups in total. The van der Waals surface area contributed by atoms with Crippen LogP contribution in [0.3, 0.4) is 0 Å². The molecule has 1 unspecified atom stereocenters. The Balaban J connectivity index is 1.48. The molecule has 4 aromatic rings. The number of piperazine rings is 1. The van der Waals surface area contributed by atoms with Gasteiger partial charge in [0, 0.05) is 23.7 Å². The number of amides is 2. The number of hydrogen-bond donors (Lipinski definition) is 0. The topological polar surface area (TPSA) is 115 Å². The Morgan fingerprint density at radius 2 is 1.64 bits per heavy atom. The van der Waals surface area contributed by atoms with E-state index >= 15 is 0 Å². The van der Waals surface area contributed by atoms with Gasteiger partial charge in [0.05, 0.1) is 36.7 Å². The normalized spacial score (nSPS) is 18.7. The summed E-state index contributed by atoms with van der Waals surface area (Å²) in [6.45, 7) is 4.21. The van der Waals surface area contributed by atoms with Crippen molar-refractivity contribution in [3.63, 3.8) is 0 Å². The molecule has 234 valence electrons. The zero-order chi connectivity index (χ0) is 32.0. The first-order valence-electron chi connectivity index (χ1n) is 14.9. The Hall–Kier alpha value is -4.64. The van der Waals surface area contributed by atoms with E-state index < -0.39 is 28.1 Å². The van der Waals surface area contributed by atoms with Crippen molar-refractivity contribution in [3.8, 4) is 5.75 Å². The fourth-order valence-electron chi connectivity index (χ4n) is 6.54. The molecule has 2 atom stereocenters. The Kier molecular flexibility index (Phi) is 7.90. The van der Waals surface area contributed by atoms with E-state index in [1.54, 1.807) is 70.5 Å². The summed E-state index contributed by atoms with van der Waals surface area (Å²) in [7, 11) is -1.11. The molecular weight excluding hydrogens is 594 g/mol. The lowest BCUT2D eigenvalue weighted by atomic mass is 9.91. The maximum Gasteiger partial charge on any atom is 0.337 e. The zero-order valence-corrected chi connectivity index (χ0v) is 26.5. The van der Waals surface area contributed by atoms with Gasteiger partial charge in [-0.1, -0.05) is 29.8 Å². The molecule has 2 saturated heterocycles. The van der Waals surface area contributed by atoms with Gasteiger partial charge >= 0.3 is 5.97 Å². The molecule has 2 fully saturated rings. The number of benzene rings is 3. The van der Waals surface area contributed by atoms with Crippen LogP contribution in [0.2, 0.25) is 0 Å². The average molecular weight is 630 g/mol. The van der Waals surface area contributed by atoms with Gasteiger partial charge in [0.15, 0.2) is 0 Å². The predicted octanol–water partition coefficient (Wildman–Crippen LogP) is 4.75. The number of aromatic nitrogens is 1. The number of piperidine rings is 1. The smallest absolute Gasteiger partial charge is 0.337 e. The van der Waals surface area contributed by atoms with Crippen LogP contribution in [0, 0.1) is 13.8 Å². The first-order chi connectivity index (χ1) is 21.6. The molecule has 0 radical (unpaired) electrons. The van der Waals surface area contributed by atoms with Crippen LogP contribution < -0.4 is 4.74 Å². The third-order valence-electron chi connectivity index (χ3n) is 8.87. The molecular formula is C34H35N3O7S. The number of fused-ring (bicyclic) bond motifs is 2. The van der Waals surface area contributed by atoms with Crippen molar-refractivity contribution >= 4 is 38.7 Å². The number of ether oxygens (including phenoxy) is 2. The van der Waals surface area contributed by atoms with E-state index in [0.717, 1.165) is 18.4 Å². The molecule has 1 aromatic heterocycles. The maximum atomic E-state index is 14.2. The molecule has 11 heteroatoms. The molecule has 45 heavy (non-hydrogen) atoms. The fourth-order valence-corrected chi connectivity index (χ4v) is 7.95. The van der Waals surface area contributed by atoms with E-state index in [1.807, 2.05) is 13.8 Å². The molecule has 2 aliphatic rings. The van der Waals surface area contributed by atoms with Crippen LogP contribution in [0.1, 0.15) is 57.9 Å². The van der Waals surface area contributed by atoms with E-state index in [9.17, 15) is 22.8 Å². The zero-order valence-electron chi connectivity index (χ0n) is 25.6. The van der Waals surface area contributed by atoms with Crippen LogP contribution in [0.5, 0.6) is 5.75 Å². The third-order valence-corrected chi connectivity index (χ3v) is 10.6. The van der Waals surface area contributed by atoms with E-state index in [0.29, 0.717) is 51.9 Å². The van der Waals surface area contributed by atoms with Crippen LogP contribution >= 0.6 is 0 Å². The van der Waals surface area contributed by atoms with Crippen molar-refractivity contribution in [2.75, 3.05) is 20.8 Å². The van der Waals surface area contributed by atoms with Crippen molar-refractivity contribution in [1.29, 1.82) is 0 Å². The number of hydrogen-bond acceptors (Lipinski definition) is 7. The fraction of sp³-hybridized carbons (Fsp3) is 0.324. The minimum atomic E-state index is -3.94. The molecule has 2 amide bonds. The number of methoxy groups -OCH3 is 2. The molecule has 0 saturated carbocycles. The molecule has 2 aliphatic heterocycles. The van der Waals surface area contributed by atoms with Gasteiger partial charge in [-0.25, -0.2) is 17.2 Å². The largest absolute Gasteiger partial charge is 0.496 e. The van der Waals surface area contributed by atoms with Crippen molar-refractivity contribution in [2.24, 2.45) is 0 Å². The summed E-state index contributed by atoms with van der Waals surface area (Å²) < 4.78 is 39.5. The second-order valence-corrected chi connectivity index (χ2v) is 13.4. The van der Waals surface area contributed by atoms with E-state index in [1.165, 1.54) is 24.4 Å². The molecule has 3 aromatic carbocycles. The molecule has 6 rings (SSSR count). The first kappa shape index (κ1) is 30.4. The van der Waals surface area contributed by atoms with Gasteiger partial charge in [0.25, 0.3) is 15.9 Å². The molecule has 0 spiro atoms. The average Bonchev–Trinajstić information content (AvgIpc) is 3.52. The van der Waals surface area contributed by atoms with Crippen LogP contribution in [0.25, 0.3) is 10.9 Å². The van der Waals surface area contributed by atoms with Gasteiger partial charge in [0.1, 0.15) is 17.8 Å². The van der Waals surface area contributed by atoms with E-state index in [2.05, 4.69) is 0 Å². The highest BCUT2D eigenvalue weighted by molar-refractivity contribution is 7.90. The number of carbonyl (C=O) groups is 3. The highest BCUT2D eigenvalue weighted by Gasteiger charge is 2.47. The number of esters is 1. The second-order valence-electron chi connectivity index (χ2n) is 11.6. The Labute approximate surface area is 262 Å². The molecule has 10 nitrogen and oxygen atoms in total. The minimum Gasteiger partial charge on any atom is -0.496 e. The first-order valence-corrected chi connectivity index (χ1v) is 16.3. The number of carbonyl (C=O) groups excluding carboxylic acids is 3. The monoisotopic (exact) mass is 629 g/mol. The molecule has 0 aliphatic carbocycles. The van der Waals surface area contributed by atoms with Gasteiger partial charge < -0.3 is 19.3 Å². The van der Waals surface area contributed by atoms with Crippen molar-refractivity contribution in [3.05, 3.63) is 94.7 Å². The summed E-state index contributed by atoms with van der Waals surface area (Å²) in [6.07, 6.45) is 3.74. The third kappa shape index (κ3) is 5.14. The quantitative estimate of drug-likeness (QED) is 0.271. The highest BCUT2D eigenvalue weighted by atomic mass is 32.2. The number of aryl methyl sites for hydroxylation is 2. The molecule has 0 bridgehead atoms. The summed E-state index contributed by atoms with van der Waals surface area (Å²) in [5.74, 6) is -0.389. The SMILES string of the molecule is COC(=O)c1ccc(C2C(=O)N3CCCC[C@H]3C(=O)N2Cc2c(OC)cc(C)c3c2ccn3S(=O)(=O)c2ccc(C)cc2)cc1. The van der Waals surface area contributed by atoms with Gasteiger partial charge in [-0.15, -0.1) is 0 Å². The second kappa shape index (κ2) is 11.7. The summed E-state index contributed by atoms with van der Waals surface area (Å²) in [6, 6.07) is 15.2. The van der Waals surface area contributed by atoms with Gasteiger partial charge in [-0.05, 0) is 80.6 Å². The summed E-state index contributed by atoms with van der Waals surface area (Å²) >= 11 is 0. The summed E-state index contributed by atoms with van der Waals surface area (Å²) in [5.41, 5.74) is 3.59. The molecule has 3 heterocycles. The standard InChI is InChI=1S/C34H35N3O7S/c1-21-8-14-25(15-9-21)45(41,42)37-18-16-26-27(29(43-3)19-22(2)30(26)37)20-36-31(23-10-12-24(13-11-23)34(40)44-4)33(39)35-17-6-5-7-28(35)32(36)38/h8-16,18-19,28,31H,5-7,17,20H2,1-4H3/t28-,31?/m0/s1. The van der Waals surface area contributed by atoms with Crippen LogP contribution in [0.4, 0.5) is 0 Å². The van der Waals surface area contributed by atoms with Gasteiger partial charge in [-0.3, -0.25) is 9.59 Å². The van der Waals surface area contributed by atoms with E-state index in [4.69, 9.17) is 9.47 Å². The lowest BCUT2D eigenvalue weighted by Crippen LogP contribution is -2.62. The highest BCUT2D eigenvalue weighted by Crippen LogP contribution is 2.40. The summed E-state index contributed by atoms with van der Waals surface area (Å²) in [5, 5.41) is 0.605. The minimum absolute atomic E-state index is 0.00682. The summed E-state index contributed by atoms with van der Waals surface area (Å²) in [4.78, 5) is 43.8. The van der Waals surface area contributed by atoms with Gasteiger partial charge in [0.2, 0.25) is 5.91 Å². The Morgan fingerprint density at radius 3 is 2.31 bits per heavy atom. The van der Waals surface area contributed by atoms with Crippen molar-refractivity contribution < 1.29 is 32.3 Å². The van der Waals surface area contributed by atoms with E-state index in [-0.39, 0.29) is 23.3 Å². The number of rotatable bonds is 7. The van der Waals surface area contributed by atoms with Crippen molar-refractivity contribution in [2.45, 2.75) is 56.6 Å². The predicted molar refractivity (Wildman–Crippen MR) is 167 cm³/mol. The Bertz CT molecular complexity index is 1910. The van der Waals surface area contributed by atoms with Crippen LogP contribution in [-0.4, -0.2) is 66.8 Å².